The Morgan fingerprint density at radius 2 is 1.61 bits per heavy atom. The van der Waals surface area contributed by atoms with Crippen molar-refractivity contribution in [2.24, 2.45) is 0 Å². The summed E-state index contributed by atoms with van der Waals surface area (Å²) in [5, 5.41) is 3.57. The molecule has 2 heterocycles. The Kier molecular flexibility index (Phi) is 5.42. The molecule has 5 heteroatoms. The van der Waals surface area contributed by atoms with Gasteiger partial charge in [0.05, 0.1) is 6.04 Å². The average molecular weight is 374 g/mol. The van der Waals surface area contributed by atoms with Gasteiger partial charge in [0.1, 0.15) is 12.0 Å². The summed E-state index contributed by atoms with van der Waals surface area (Å²) in [5.41, 5.74) is 9.50. The molecule has 0 spiro atoms. The predicted molar refractivity (Wildman–Crippen MR) is 115 cm³/mol. The Bertz CT molecular complexity index is 858. The largest absolute Gasteiger partial charge is 0.393 e. The van der Waals surface area contributed by atoms with Crippen LogP contribution in [0, 0.1) is 0 Å². The van der Waals surface area contributed by atoms with Crippen LogP contribution in [0.5, 0.6) is 0 Å². The molecule has 4 rings (SSSR count). The number of rotatable bonds is 5. The quantitative estimate of drug-likeness (QED) is 0.682. The molecule has 144 valence electrons. The van der Waals surface area contributed by atoms with Gasteiger partial charge in [0.2, 0.25) is 0 Å². The normalized spacial score (nSPS) is 16.9. The number of aromatic nitrogens is 2. The first kappa shape index (κ1) is 18.3. The molecule has 0 bridgehead atoms. The molecule has 0 amide bonds. The van der Waals surface area contributed by atoms with Crippen molar-refractivity contribution >= 4 is 17.3 Å². The summed E-state index contributed by atoms with van der Waals surface area (Å²) in [6.45, 7) is 3.23. The van der Waals surface area contributed by atoms with Crippen molar-refractivity contribution in [1.29, 1.82) is 0 Å². The van der Waals surface area contributed by atoms with Crippen molar-refractivity contribution in [3.63, 3.8) is 0 Å². The number of benzene rings is 2. The van der Waals surface area contributed by atoms with Gasteiger partial charge in [-0.1, -0.05) is 60.7 Å². The van der Waals surface area contributed by atoms with Gasteiger partial charge in [-0.3, -0.25) is 0 Å². The molecule has 1 saturated heterocycles. The Labute approximate surface area is 166 Å². The number of nitrogens with two attached hydrogens (primary N) is 1. The first-order valence-electron chi connectivity index (χ1n) is 9.97. The summed E-state index contributed by atoms with van der Waals surface area (Å²) in [4.78, 5) is 11.3. The van der Waals surface area contributed by atoms with E-state index in [0.29, 0.717) is 17.5 Å². The summed E-state index contributed by atoms with van der Waals surface area (Å²) >= 11 is 0. The van der Waals surface area contributed by atoms with Crippen LogP contribution >= 0.6 is 0 Å². The summed E-state index contributed by atoms with van der Waals surface area (Å²) in [6, 6.07) is 21.2. The standard InChI is InChI=1S/C23H27N5/c1-17-10-8-9-15-28(17)23-20(24)22(25-16-26-23)27-21(18-11-4-2-5-12-18)19-13-6-3-7-14-19/h2-7,11-14,16-17,21H,8-10,15,24H2,1H3,(H,25,26,27). The van der Waals surface area contributed by atoms with Gasteiger partial charge in [-0.2, -0.15) is 0 Å². The van der Waals surface area contributed by atoms with Crippen LogP contribution in [0.3, 0.4) is 0 Å². The van der Waals surface area contributed by atoms with Crippen LogP contribution < -0.4 is 16.0 Å². The number of hydrogen-bond acceptors (Lipinski definition) is 5. The molecule has 1 aromatic heterocycles. The van der Waals surface area contributed by atoms with Crippen LogP contribution in [0.2, 0.25) is 0 Å². The minimum absolute atomic E-state index is 0.0359. The van der Waals surface area contributed by atoms with Crippen molar-refractivity contribution in [2.45, 2.75) is 38.3 Å². The van der Waals surface area contributed by atoms with Crippen molar-refractivity contribution in [3.05, 3.63) is 78.1 Å². The average Bonchev–Trinajstić information content (AvgIpc) is 2.75. The Morgan fingerprint density at radius 3 is 2.21 bits per heavy atom. The molecule has 0 saturated carbocycles. The van der Waals surface area contributed by atoms with Crippen LogP contribution in [-0.4, -0.2) is 22.6 Å². The fourth-order valence-corrected chi connectivity index (χ4v) is 3.93. The van der Waals surface area contributed by atoms with Gasteiger partial charge in [0.25, 0.3) is 0 Å². The number of piperidine rings is 1. The maximum absolute atomic E-state index is 6.55. The van der Waals surface area contributed by atoms with Crippen molar-refractivity contribution in [3.8, 4) is 0 Å². The minimum Gasteiger partial charge on any atom is -0.393 e. The fourth-order valence-electron chi connectivity index (χ4n) is 3.93. The highest BCUT2D eigenvalue weighted by Gasteiger charge is 2.24. The van der Waals surface area contributed by atoms with Gasteiger partial charge >= 0.3 is 0 Å². The Hall–Kier alpha value is -3.08. The molecule has 5 nitrogen and oxygen atoms in total. The van der Waals surface area contributed by atoms with Gasteiger partial charge in [0, 0.05) is 12.6 Å². The molecule has 1 unspecified atom stereocenters. The summed E-state index contributed by atoms with van der Waals surface area (Å²) < 4.78 is 0. The summed E-state index contributed by atoms with van der Waals surface area (Å²) in [6.07, 6.45) is 5.22. The third-order valence-corrected chi connectivity index (χ3v) is 5.48. The predicted octanol–water partition coefficient (Wildman–Crippen LogP) is 4.64. The first-order chi connectivity index (χ1) is 13.7. The maximum atomic E-state index is 6.55. The van der Waals surface area contributed by atoms with Gasteiger partial charge < -0.3 is 16.0 Å². The number of anilines is 3. The number of nitrogens with zero attached hydrogens (tertiary/aromatic N) is 3. The highest BCUT2D eigenvalue weighted by Crippen LogP contribution is 2.34. The second-order valence-electron chi connectivity index (χ2n) is 7.40. The molecule has 1 atom stereocenters. The molecule has 1 fully saturated rings. The summed E-state index contributed by atoms with van der Waals surface area (Å²) in [5.74, 6) is 1.52. The molecular weight excluding hydrogens is 346 g/mol. The van der Waals surface area contributed by atoms with Gasteiger partial charge in [-0.25, -0.2) is 9.97 Å². The van der Waals surface area contributed by atoms with Crippen LogP contribution in [-0.2, 0) is 0 Å². The monoisotopic (exact) mass is 373 g/mol. The number of nitrogen functional groups attached to an aromatic ring is 1. The first-order valence-corrected chi connectivity index (χ1v) is 9.97. The second kappa shape index (κ2) is 8.30. The van der Waals surface area contributed by atoms with Crippen LogP contribution in [0.15, 0.2) is 67.0 Å². The molecule has 1 aliphatic rings. The SMILES string of the molecule is CC1CCCCN1c1ncnc(NC(c2ccccc2)c2ccccc2)c1N. The molecule has 0 aliphatic carbocycles. The zero-order chi connectivity index (χ0) is 19.3. The van der Waals surface area contributed by atoms with E-state index in [1.807, 2.05) is 12.1 Å². The smallest absolute Gasteiger partial charge is 0.157 e. The van der Waals surface area contributed by atoms with E-state index in [9.17, 15) is 0 Å². The number of nitrogens with one attached hydrogen (secondary N) is 1. The fraction of sp³-hybridized carbons (Fsp3) is 0.304. The lowest BCUT2D eigenvalue weighted by atomic mass is 9.98. The van der Waals surface area contributed by atoms with Gasteiger partial charge in [0.15, 0.2) is 11.6 Å². The highest BCUT2D eigenvalue weighted by molar-refractivity contribution is 5.76. The van der Waals surface area contributed by atoms with E-state index < -0.39 is 0 Å². The van der Waals surface area contributed by atoms with Gasteiger partial charge in [-0.15, -0.1) is 0 Å². The summed E-state index contributed by atoms with van der Waals surface area (Å²) in [7, 11) is 0. The molecule has 0 radical (unpaired) electrons. The zero-order valence-electron chi connectivity index (χ0n) is 16.3. The minimum atomic E-state index is -0.0359. The molecule has 28 heavy (non-hydrogen) atoms. The topological polar surface area (TPSA) is 67.1 Å². The van der Waals surface area contributed by atoms with E-state index in [2.05, 4.69) is 75.6 Å². The molecular formula is C23H27N5. The van der Waals surface area contributed by atoms with E-state index in [1.165, 1.54) is 30.4 Å². The molecule has 3 N–H and O–H groups in total. The highest BCUT2D eigenvalue weighted by atomic mass is 15.2. The Balaban J connectivity index is 1.69. The lowest BCUT2D eigenvalue weighted by Gasteiger charge is -2.35. The van der Waals surface area contributed by atoms with E-state index >= 15 is 0 Å². The van der Waals surface area contributed by atoms with Crippen LogP contribution in [0.25, 0.3) is 0 Å². The van der Waals surface area contributed by atoms with E-state index in [0.717, 1.165) is 12.4 Å². The van der Waals surface area contributed by atoms with Crippen molar-refractivity contribution in [1.82, 2.24) is 9.97 Å². The van der Waals surface area contributed by atoms with Crippen LogP contribution in [0.4, 0.5) is 17.3 Å². The molecule has 3 aromatic rings. The van der Waals surface area contributed by atoms with Crippen molar-refractivity contribution < 1.29 is 0 Å². The molecule has 2 aromatic carbocycles. The third-order valence-electron chi connectivity index (χ3n) is 5.48. The van der Waals surface area contributed by atoms with E-state index in [4.69, 9.17) is 5.73 Å². The number of hydrogen-bond donors (Lipinski definition) is 2. The van der Waals surface area contributed by atoms with Crippen molar-refractivity contribution in [2.75, 3.05) is 22.5 Å². The third kappa shape index (κ3) is 3.79. The Morgan fingerprint density at radius 1 is 0.964 bits per heavy atom. The lowest BCUT2D eigenvalue weighted by molar-refractivity contribution is 0.481. The van der Waals surface area contributed by atoms with E-state index in [-0.39, 0.29) is 6.04 Å². The van der Waals surface area contributed by atoms with Gasteiger partial charge in [-0.05, 0) is 37.3 Å². The van der Waals surface area contributed by atoms with E-state index in [1.54, 1.807) is 6.33 Å². The van der Waals surface area contributed by atoms with Crippen LogP contribution in [0.1, 0.15) is 43.4 Å². The second-order valence-corrected chi connectivity index (χ2v) is 7.40. The molecule has 1 aliphatic heterocycles. The maximum Gasteiger partial charge on any atom is 0.157 e. The zero-order valence-corrected chi connectivity index (χ0v) is 16.3. The lowest BCUT2D eigenvalue weighted by Crippen LogP contribution is -2.38.